The smallest absolute Gasteiger partial charge is 0.248 e. The van der Waals surface area contributed by atoms with Crippen molar-refractivity contribution in [3.05, 3.63) is 120 Å². The van der Waals surface area contributed by atoms with E-state index in [-0.39, 0.29) is 0 Å². The molecule has 0 saturated carbocycles. The van der Waals surface area contributed by atoms with Gasteiger partial charge in [-0.15, -0.1) is 0 Å². The normalized spacial score (nSPS) is 11.3. The minimum Gasteiger partial charge on any atom is -0.368 e. The average molecular weight is 576 g/mol. The number of hydrogen-bond donors (Lipinski definition) is 3. The molecule has 6 rings (SSSR count). The highest BCUT2D eigenvalue weighted by molar-refractivity contribution is 6.33. The van der Waals surface area contributed by atoms with Gasteiger partial charge in [0.2, 0.25) is 5.91 Å². The van der Waals surface area contributed by atoms with Gasteiger partial charge in [-0.2, -0.15) is 0 Å². The second kappa shape index (κ2) is 12.4. The summed E-state index contributed by atoms with van der Waals surface area (Å²) in [5, 5.41) is 10.6. The van der Waals surface area contributed by atoms with Crippen molar-refractivity contribution in [3.63, 3.8) is 0 Å². The van der Waals surface area contributed by atoms with Crippen molar-refractivity contribution >= 4 is 45.0 Å². The molecule has 0 aliphatic heterocycles. The molecular formula is C33H30ClN7O. The number of primary amides is 1. The van der Waals surface area contributed by atoms with Crippen LogP contribution in [0.25, 0.3) is 32.8 Å². The van der Waals surface area contributed by atoms with Crippen LogP contribution in [0.15, 0.2) is 97.7 Å². The van der Waals surface area contributed by atoms with Crippen molar-refractivity contribution in [2.45, 2.75) is 19.5 Å². The maximum absolute atomic E-state index is 11.7. The summed E-state index contributed by atoms with van der Waals surface area (Å²) in [6, 6.07) is 23.6. The molecular weight excluding hydrogens is 546 g/mol. The monoisotopic (exact) mass is 575 g/mol. The van der Waals surface area contributed by atoms with E-state index in [2.05, 4.69) is 55.6 Å². The molecule has 0 saturated heterocycles. The van der Waals surface area contributed by atoms with Crippen LogP contribution in [-0.4, -0.2) is 38.5 Å². The van der Waals surface area contributed by atoms with Crippen LogP contribution in [0.2, 0.25) is 5.02 Å². The lowest BCUT2D eigenvalue weighted by Gasteiger charge is -2.12. The van der Waals surface area contributed by atoms with Crippen LogP contribution >= 0.6 is 11.6 Å². The van der Waals surface area contributed by atoms with Gasteiger partial charge in [0.25, 0.3) is 0 Å². The first kappa shape index (κ1) is 27.4. The van der Waals surface area contributed by atoms with E-state index in [1.54, 1.807) is 18.3 Å². The number of nitrogens with zero attached hydrogens (tertiary/aromatic N) is 4. The third-order valence-electron chi connectivity index (χ3n) is 7.24. The number of nitrogens with one attached hydrogen (secondary N) is 2. The molecule has 9 heteroatoms. The molecule has 42 heavy (non-hydrogen) atoms. The number of anilines is 1. The summed E-state index contributed by atoms with van der Waals surface area (Å²) in [7, 11) is 0. The quantitative estimate of drug-likeness (QED) is 0.132. The molecule has 0 fully saturated rings. The molecule has 3 aromatic carbocycles. The lowest BCUT2D eigenvalue weighted by Crippen LogP contribution is -2.16. The van der Waals surface area contributed by atoms with E-state index in [1.807, 2.05) is 48.9 Å². The molecule has 3 aromatic heterocycles. The lowest BCUT2D eigenvalue weighted by molar-refractivity contribution is 0.100. The van der Waals surface area contributed by atoms with Gasteiger partial charge < -0.3 is 20.9 Å². The summed E-state index contributed by atoms with van der Waals surface area (Å²) in [5.41, 5.74) is 10.9. The summed E-state index contributed by atoms with van der Waals surface area (Å²) >= 11 is 6.56. The number of hydrogen-bond acceptors (Lipinski definition) is 6. The SMILES string of the molecule is NC(=O)c1ccc2c(c1)nc(NCCn1cnc(CCNCc3ccc(-c4ccccc4)c(Cl)c3)c1)c1ccncc12. The van der Waals surface area contributed by atoms with Crippen LogP contribution in [0, 0.1) is 0 Å². The van der Waals surface area contributed by atoms with Gasteiger partial charge >= 0.3 is 0 Å². The highest BCUT2D eigenvalue weighted by Gasteiger charge is 2.11. The van der Waals surface area contributed by atoms with Gasteiger partial charge in [0, 0.05) is 83.5 Å². The number of rotatable bonds is 11. The number of pyridine rings is 2. The molecule has 0 bridgehead atoms. The molecule has 1 amide bonds. The minimum absolute atomic E-state index is 0.425. The molecule has 8 nitrogen and oxygen atoms in total. The van der Waals surface area contributed by atoms with E-state index in [0.29, 0.717) is 17.6 Å². The van der Waals surface area contributed by atoms with Crippen LogP contribution in [0.5, 0.6) is 0 Å². The van der Waals surface area contributed by atoms with Crippen LogP contribution in [0.3, 0.4) is 0 Å². The summed E-state index contributed by atoms with van der Waals surface area (Å²) in [5.74, 6) is 0.260. The fourth-order valence-electron chi connectivity index (χ4n) is 5.07. The summed E-state index contributed by atoms with van der Waals surface area (Å²) < 4.78 is 2.07. The molecule has 6 aromatic rings. The Kier molecular flexibility index (Phi) is 8.07. The largest absolute Gasteiger partial charge is 0.368 e. The Morgan fingerprint density at radius 1 is 0.952 bits per heavy atom. The topological polar surface area (TPSA) is 111 Å². The molecule has 0 aliphatic carbocycles. The van der Waals surface area contributed by atoms with E-state index in [4.69, 9.17) is 22.3 Å². The van der Waals surface area contributed by atoms with Gasteiger partial charge in [-0.05, 0) is 35.4 Å². The van der Waals surface area contributed by atoms with Crippen LogP contribution in [0.4, 0.5) is 5.82 Å². The molecule has 0 atom stereocenters. The van der Waals surface area contributed by atoms with Gasteiger partial charge in [0.05, 0.1) is 17.5 Å². The first-order valence-electron chi connectivity index (χ1n) is 13.8. The first-order valence-corrected chi connectivity index (χ1v) is 14.2. The summed E-state index contributed by atoms with van der Waals surface area (Å²) in [6.07, 6.45) is 8.32. The zero-order chi connectivity index (χ0) is 28.9. The van der Waals surface area contributed by atoms with Crippen molar-refractivity contribution in [1.29, 1.82) is 0 Å². The second-order valence-corrected chi connectivity index (χ2v) is 10.5. The summed E-state index contributed by atoms with van der Waals surface area (Å²) in [4.78, 5) is 25.3. The fourth-order valence-corrected chi connectivity index (χ4v) is 5.38. The zero-order valence-corrected chi connectivity index (χ0v) is 23.7. The molecule has 0 aliphatic rings. The Hall–Kier alpha value is -4.79. The van der Waals surface area contributed by atoms with E-state index in [1.165, 1.54) is 0 Å². The van der Waals surface area contributed by atoms with Crippen LogP contribution in [0.1, 0.15) is 21.6 Å². The van der Waals surface area contributed by atoms with Crippen molar-refractivity contribution in [3.8, 4) is 11.1 Å². The third-order valence-corrected chi connectivity index (χ3v) is 7.55. The number of nitrogens with two attached hydrogens (primary N) is 1. The zero-order valence-electron chi connectivity index (χ0n) is 22.9. The molecule has 0 unspecified atom stereocenters. The Morgan fingerprint density at radius 3 is 2.67 bits per heavy atom. The van der Waals surface area contributed by atoms with Crippen molar-refractivity contribution < 1.29 is 4.79 Å². The second-order valence-electron chi connectivity index (χ2n) is 10.1. The number of benzene rings is 3. The molecule has 3 heterocycles. The number of aromatic nitrogens is 4. The standard InChI is InChI=1S/C33H30ClN7O/c34-30-16-22(6-8-26(30)23-4-2-1-3-5-23)18-36-12-10-25-20-41(21-39-25)15-14-38-33-28-11-13-37-19-29(28)27-9-7-24(32(35)42)17-31(27)40-33/h1-9,11,13,16-17,19-21,36H,10,12,14-15,18H2,(H2,35,42)(H,38,40). The van der Waals surface area contributed by atoms with E-state index < -0.39 is 5.91 Å². The third kappa shape index (κ3) is 6.10. The van der Waals surface area contributed by atoms with Gasteiger partial charge in [0.15, 0.2) is 0 Å². The van der Waals surface area contributed by atoms with Crippen molar-refractivity contribution in [2.75, 3.05) is 18.4 Å². The number of carbonyl (C=O) groups excluding carboxylic acids is 1. The lowest BCUT2D eigenvalue weighted by atomic mass is 10.0. The summed E-state index contributed by atoms with van der Waals surface area (Å²) in [6.45, 7) is 2.92. The minimum atomic E-state index is -0.479. The Morgan fingerprint density at radius 2 is 1.83 bits per heavy atom. The Labute approximate surface area is 248 Å². The predicted octanol–water partition coefficient (Wildman–Crippen LogP) is 5.84. The van der Waals surface area contributed by atoms with Gasteiger partial charge in [-0.3, -0.25) is 9.78 Å². The van der Waals surface area contributed by atoms with Crippen LogP contribution < -0.4 is 16.4 Å². The Bertz CT molecular complexity index is 1870. The van der Waals surface area contributed by atoms with Gasteiger partial charge in [-0.25, -0.2) is 9.97 Å². The average Bonchev–Trinajstić information content (AvgIpc) is 3.47. The number of halogens is 1. The molecule has 0 spiro atoms. The maximum Gasteiger partial charge on any atom is 0.248 e. The molecule has 0 radical (unpaired) electrons. The Balaban J connectivity index is 1.02. The maximum atomic E-state index is 11.7. The highest BCUT2D eigenvalue weighted by Crippen LogP contribution is 2.30. The van der Waals surface area contributed by atoms with E-state index >= 15 is 0 Å². The fraction of sp³-hybridized carbons (Fsp3) is 0.152. The van der Waals surface area contributed by atoms with E-state index in [0.717, 1.165) is 75.4 Å². The first-order chi connectivity index (χ1) is 20.5. The molecule has 210 valence electrons. The van der Waals surface area contributed by atoms with E-state index in [9.17, 15) is 4.79 Å². The highest BCUT2D eigenvalue weighted by atomic mass is 35.5. The number of fused-ring (bicyclic) bond motifs is 3. The molecule has 4 N–H and O–H groups in total. The van der Waals surface area contributed by atoms with Crippen LogP contribution in [-0.2, 0) is 19.5 Å². The predicted molar refractivity (Wildman–Crippen MR) is 169 cm³/mol. The van der Waals surface area contributed by atoms with Gasteiger partial charge in [0.1, 0.15) is 5.82 Å². The number of imidazole rings is 1. The van der Waals surface area contributed by atoms with Crippen molar-refractivity contribution in [1.82, 2.24) is 24.8 Å². The number of amides is 1. The van der Waals surface area contributed by atoms with Gasteiger partial charge in [-0.1, -0.05) is 60.1 Å². The van der Waals surface area contributed by atoms with Crippen molar-refractivity contribution in [2.24, 2.45) is 5.73 Å². The number of carbonyl (C=O) groups is 1.